The topological polar surface area (TPSA) is 41.1 Å². The maximum Gasteiger partial charge on any atom is 0.251 e. The van der Waals surface area contributed by atoms with Crippen LogP contribution in [0.1, 0.15) is 11.6 Å². The third kappa shape index (κ3) is 1.93. The average molecular weight is 259 g/mol. The summed E-state index contributed by atoms with van der Waals surface area (Å²) < 4.78 is 0. The second kappa shape index (κ2) is 4.35. The van der Waals surface area contributed by atoms with Crippen molar-refractivity contribution in [1.29, 1.82) is 0 Å². The molecule has 0 aromatic heterocycles. The third-order valence-electron chi connectivity index (χ3n) is 2.93. The fourth-order valence-electron chi connectivity index (χ4n) is 2.05. The van der Waals surface area contributed by atoms with E-state index in [0.29, 0.717) is 5.02 Å². The molecular formula is C14H11ClN2O. The van der Waals surface area contributed by atoms with E-state index >= 15 is 0 Å². The zero-order chi connectivity index (χ0) is 12.5. The fourth-order valence-corrected chi connectivity index (χ4v) is 2.22. The van der Waals surface area contributed by atoms with Gasteiger partial charge in [-0.05, 0) is 23.8 Å². The van der Waals surface area contributed by atoms with E-state index in [0.717, 1.165) is 16.9 Å². The highest BCUT2D eigenvalue weighted by Gasteiger charge is 2.26. The summed E-state index contributed by atoms with van der Waals surface area (Å²) >= 11 is 5.90. The Bertz CT molecular complexity index is 598. The van der Waals surface area contributed by atoms with Gasteiger partial charge in [0.1, 0.15) is 6.04 Å². The van der Waals surface area contributed by atoms with Crippen molar-refractivity contribution in [2.45, 2.75) is 6.04 Å². The molecule has 2 aromatic carbocycles. The predicted octanol–water partition coefficient (Wildman–Crippen LogP) is 3.45. The second-order valence-corrected chi connectivity index (χ2v) is 4.60. The van der Waals surface area contributed by atoms with Gasteiger partial charge in [0.25, 0.3) is 5.91 Å². The van der Waals surface area contributed by atoms with Gasteiger partial charge in [-0.3, -0.25) is 4.79 Å². The van der Waals surface area contributed by atoms with Gasteiger partial charge in [-0.1, -0.05) is 41.9 Å². The molecule has 4 heteroatoms. The van der Waals surface area contributed by atoms with Gasteiger partial charge in [-0.25, -0.2) is 0 Å². The van der Waals surface area contributed by atoms with Crippen LogP contribution in [0.15, 0.2) is 48.5 Å². The molecule has 1 aliphatic heterocycles. The molecule has 1 heterocycles. The molecule has 3 rings (SSSR count). The Balaban J connectivity index is 1.97. The normalized spacial score (nSPS) is 17.6. The summed E-state index contributed by atoms with van der Waals surface area (Å²) in [5.41, 5.74) is 2.54. The van der Waals surface area contributed by atoms with E-state index in [9.17, 15) is 4.79 Å². The van der Waals surface area contributed by atoms with Crippen LogP contribution in [-0.4, -0.2) is 5.91 Å². The average Bonchev–Trinajstić information content (AvgIpc) is 2.39. The molecule has 0 spiro atoms. The minimum Gasteiger partial charge on any atom is -0.368 e. The molecule has 3 nitrogen and oxygen atoms in total. The summed E-state index contributed by atoms with van der Waals surface area (Å²) in [6.45, 7) is 0. The molecule has 18 heavy (non-hydrogen) atoms. The Hall–Kier alpha value is -2.00. The first-order valence-corrected chi connectivity index (χ1v) is 6.04. The summed E-state index contributed by atoms with van der Waals surface area (Å²) in [6, 6.07) is 14.7. The quantitative estimate of drug-likeness (QED) is 0.823. The van der Waals surface area contributed by atoms with Crippen LogP contribution in [0, 0.1) is 0 Å². The number of fused-ring (bicyclic) bond motifs is 1. The van der Waals surface area contributed by atoms with Crippen LogP contribution in [-0.2, 0) is 4.79 Å². The first kappa shape index (κ1) is 11.1. The summed E-state index contributed by atoms with van der Waals surface area (Å²) in [5, 5.41) is 6.69. The van der Waals surface area contributed by atoms with Crippen molar-refractivity contribution in [3.05, 3.63) is 59.1 Å². The van der Waals surface area contributed by atoms with Crippen molar-refractivity contribution >= 4 is 28.9 Å². The van der Waals surface area contributed by atoms with Crippen molar-refractivity contribution in [2.24, 2.45) is 0 Å². The van der Waals surface area contributed by atoms with Crippen LogP contribution in [0.5, 0.6) is 0 Å². The van der Waals surface area contributed by atoms with E-state index in [4.69, 9.17) is 11.6 Å². The van der Waals surface area contributed by atoms with Crippen LogP contribution < -0.4 is 10.6 Å². The van der Waals surface area contributed by atoms with Gasteiger partial charge in [-0.2, -0.15) is 0 Å². The number of anilines is 2. The molecule has 0 fully saturated rings. The Kier molecular flexibility index (Phi) is 2.68. The highest BCUT2D eigenvalue weighted by atomic mass is 35.5. The molecule has 2 N–H and O–H groups in total. The van der Waals surface area contributed by atoms with Gasteiger partial charge in [0.05, 0.1) is 11.4 Å². The van der Waals surface area contributed by atoms with E-state index in [1.54, 1.807) is 12.1 Å². The lowest BCUT2D eigenvalue weighted by Crippen LogP contribution is -2.31. The molecule has 1 aliphatic rings. The van der Waals surface area contributed by atoms with Crippen molar-refractivity contribution in [3.63, 3.8) is 0 Å². The number of amides is 1. The molecule has 1 amide bonds. The van der Waals surface area contributed by atoms with Gasteiger partial charge >= 0.3 is 0 Å². The van der Waals surface area contributed by atoms with Crippen molar-refractivity contribution in [3.8, 4) is 0 Å². The summed E-state index contributed by atoms with van der Waals surface area (Å²) in [6.07, 6.45) is 0. The van der Waals surface area contributed by atoms with Crippen molar-refractivity contribution in [1.82, 2.24) is 0 Å². The van der Waals surface area contributed by atoms with Crippen LogP contribution in [0.3, 0.4) is 0 Å². The van der Waals surface area contributed by atoms with Crippen LogP contribution in [0.25, 0.3) is 0 Å². The van der Waals surface area contributed by atoms with Gasteiger partial charge in [0.15, 0.2) is 0 Å². The molecule has 0 radical (unpaired) electrons. The largest absolute Gasteiger partial charge is 0.368 e. The zero-order valence-corrected chi connectivity index (χ0v) is 10.2. The number of carbonyl (C=O) groups is 1. The highest BCUT2D eigenvalue weighted by molar-refractivity contribution is 6.31. The van der Waals surface area contributed by atoms with Crippen LogP contribution >= 0.6 is 11.6 Å². The molecule has 0 aliphatic carbocycles. The Labute approximate surface area is 110 Å². The van der Waals surface area contributed by atoms with E-state index in [1.165, 1.54) is 0 Å². The van der Waals surface area contributed by atoms with Crippen LogP contribution in [0.2, 0.25) is 5.02 Å². The number of rotatable bonds is 1. The van der Waals surface area contributed by atoms with Crippen molar-refractivity contribution in [2.75, 3.05) is 10.6 Å². The lowest BCUT2D eigenvalue weighted by molar-refractivity contribution is -0.117. The number of hydrogen-bond donors (Lipinski definition) is 2. The van der Waals surface area contributed by atoms with Crippen molar-refractivity contribution < 1.29 is 4.79 Å². The Morgan fingerprint density at radius 3 is 2.56 bits per heavy atom. The van der Waals surface area contributed by atoms with E-state index < -0.39 is 0 Å². The minimum absolute atomic E-state index is 0.0732. The lowest BCUT2D eigenvalue weighted by Gasteiger charge is -2.27. The number of benzene rings is 2. The molecule has 1 atom stereocenters. The van der Waals surface area contributed by atoms with Gasteiger partial charge in [0, 0.05) is 5.02 Å². The summed E-state index contributed by atoms with van der Waals surface area (Å²) in [5.74, 6) is -0.0732. The zero-order valence-electron chi connectivity index (χ0n) is 9.48. The molecule has 0 saturated carbocycles. The maximum atomic E-state index is 12.1. The molecule has 0 bridgehead atoms. The minimum atomic E-state index is -0.361. The molecular weight excluding hydrogens is 248 g/mol. The van der Waals surface area contributed by atoms with E-state index in [-0.39, 0.29) is 11.9 Å². The highest BCUT2D eigenvalue weighted by Crippen LogP contribution is 2.33. The second-order valence-electron chi connectivity index (χ2n) is 4.17. The number of halogens is 1. The molecule has 90 valence electrons. The third-order valence-corrected chi connectivity index (χ3v) is 3.17. The number of nitrogens with one attached hydrogen (secondary N) is 2. The Morgan fingerprint density at radius 2 is 1.78 bits per heavy atom. The van der Waals surface area contributed by atoms with E-state index in [1.807, 2.05) is 36.4 Å². The SMILES string of the molecule is O=C1Nc2cc(Cl)ccc2N[C@H]1c1ccccc1. The Morgan fingerprint density at radius 1 is 1.00 bits per heavy atom. The number of hydrogen-bond acceptors (Lipinski definition) is 2. The summed E-state index contributed by atoms with van der Waals surface area (Å²) in [4.78, 5) is 12.1. The first-order chi connectivity index (χ1) is 8.74. The summed E-state index contributed by atoms with van der Waals surface area (Å²) in [7, 11) is 0. The lowest BCUT2D eigenvalue weighted by atomic mass is 10.0. The first-order valence-electron chi connectivity index (χ1n) is 5.66. The van der Waals surface area contributed by atoms with Gasteiger partial charge in [0.2, 0.25) is 0 Å². The number of carbonyl (C=O) groups excluding carboxylic acids is 1. The predicted molar refractivity (Wildman–Crippen MR) is 72.9 cm³/mol. The van der Waals surface area contributed by atoms with Gasteiger partial charge < -0.3 is 10.6 Å². The molecule has 0 saturated heterocycles. The monoisotopic (exact) mass is 258 g/mol. The van der Waals surface area contributed by atoms with E-state index in [2.05, 4.69) is 10.6 Å². The standard InChI is InChI=1S/C14H11ClN2O/c15-10-6-7-11-12(8-10)17-14(18)13(16-11)9-4-2-1-3-5-9/h1-8,13,16H,(H,17,18)/t13-/m0/s1. The molecule has 2 aromatic rings. The maximum absolute atomic E-state index is 12.1. The van der Waals surface area contributed by atoms with Crippen LogP contribution in [0.4, 0.5) is 11.4 Å². The molecule has 0 unspecified atom stereocenters. The smallest absolute Gasteiger partial charge is 0.251 e. The van der Waals surface area contributed by atoms with Gasteiger partial charge in [-0.15, -0.1) is 0 Å². The fraction of sp³-hybridized carbons (Fsp3) is 0.0714.